The van der Waals surface area contributed by atoms with Gasteiger partial charge in [-0.1, -0.05) is 0 Å². The number of carbonyl (C=O) groups is 2. The van der Waals surface area contributed by atoms with Crippen LogP contribution in [0.25, 0.3) is 0 Å². The van der Waals surface area contributed by atoms with E-state index in [9.17, 15) is 9.59 Å². The molecule has 0 saturated heterocycles. The quantitative estimate of drug-likeness (QED) is 0.878. The number of hydrogen-bond donors (Lipinski definition) is 1. The molecule has 22 heavy (non-hydrogen) atoms. The first kappa shape index (κ1) is 16.2. The zero-order chi connectivity index (χ0) is 16.4. The van der Waals surface area contributed by atoms with E-state index in [1.807, 2.05) is 27.7 Å². The van der Waals surface area contributed by atoms with Crippen LogP contribution in [-0.2, 0) is 16.6 Å². The molecule has 0 radical (unpaired) electrons. The number of nitrogens with zero attached hydrogens (tertiary/aromatic N) is 2. The molecule has 6 nitrogen and oxygen atoms in total. The maximum absolute atomic E-state index is 12.0. The van der Waals surface area contributed by atoms with Crippen LogP contribution < -0.4 is 5.32 Å². The Bertz CT molecular complexity index is 731. The Balaban J connectivity index is 1.96. The molecule has 0 saturated carbocycles. The highest BCUT2D eigenvalue weighted by Gasteiger charge is 2.17. The normalized spacial score (nSPS) is 10.6. The van der Waals surface area contributed by atoms with Gasteiger partial charge in [0.1, 0.15) is 0 Å². The van der Waals surface area contributed by atoms with E-state index in [0.29, 0.717) is 11.3 Å². The monoisotopic (exact) mass is 321 g/mol. The third-order valence-corrected chi connectivity index (χ3v) is 4.33. The van der Waals surface area contributed by atoms with Crippen LogP contribution in [0.15, 0.2) is 6.07 Å². The van der Waals surface area contributed by atoms with Crippen LogP contribution in [0.3, 0.4) is 0 Å². The predicted molar refractivity (Wildman–Crippen MR) is 85.4 cm³/mol. The largest absolute Gasteiger partial charge is 0.452 e. The van der Waals surface area contributed by atoms with Gasteiger partial charge in [0.2, 0.25) is 0 Å². The molecule has 0 unspecified atom stereocenters. The highest BCUT2D eigenvalue weighted by atomic mass is 32.1. The lowest BCUT2D eigenvalue weighted by atomic mass is 10.2. The molecular weight excluding hydrogens is 302 g/mol. The molecule has 0 bridgehead atoms. The van der Waals surface area contributed by atoms with Crippen molar-refractivity contribution in [2.45, 2.75) is 27.7 Å². The summed E-state index contributed by atoms with van der Waals surface area (Å²) in [6.07, 6.45) is 0. The Morgan fingerprint density at radius 3 is 2.50 bits per heavy atom. The second kappa shape index (κ2) is 6.31. The summed E-state index contributed by atoms with van der Waals surface area (Å²) in [6, 6.07) is 1.77. The second-order valence-electron chi connectivity index (χ2n) is 5.12. The average molecular weight is 321 g/mol. The van der Waals surface area contributed by atoms with Crippen LogP contribution >= 0.6 is 11.3 Å². The maximum Gasteiger partial charge on any atom is 0.339 e. The van der Waals surface area contributed by atoms with Crippen molar-refractivity contribution >= 4 is 28.9 Å². The first-order valence-corrected chi connectivity index (χ1v) is 7.65. The van der Waals surface area contributed by atoms with Crippen molar-refractivity contribution in [2.24, 2.45) is 7.05 Å². The summed E-state index contributed by atoms with van der Waals surface area (Å²) in [7, 11) is 1.81. The Hall–Kier alpha value is -2.15. The summed E-state index contributed by atoms with van der Waals surface area (Å²) in [5, 5.41) is 6.95. The molecule has 2 rings (SSSR count). The third-order valence-electron chi connectivity index (χ3n) is 3.37. The van der Waals surface area contributed by atoms with Crippen LogP contribution in [0, 0.1) is 27.7 Å². The van der Waals surface area contributed by atoms with E-state index in [0.717, 1.165) is 21.1 Å². The summed E-state index contributed by atoms with van der Waals surface area (Å²) >= 11 is 1.53. The van der Waals surface area contributed by atoms with Crippen molar-refractivity contribution in [3.05, 3.63) is 32.8 Å². The van der Waals surface area contributed by atoms with Gasteiger partial charge in [-0.2, -0.15) is 5.10 Å². The Labute approximate surface area is 133 Å². The van der Waals surface area contributed by atoms with Crippen LogP contribution in [0.5, 0.6) is 0 Å². The molecule has 0 fully saturated rings. The molecule has 118 valence electrons. The fourth-order valence-corrected chi connectivity index (χ4v) is 3.08. The summed E-state index contributed by atoms with van der Waals surface area (Å²) < 4.78 is 6.76. The summed E-state index contributed by atoms with van der Waals surface area (Å²) in [4.78, 5) is 25.8. The minimum atomic E-state index is -0.475. The zero-order valence-electron chi connectivity index (χ0n) is 13.3. The summed E-state index contributed by atoms with van der Waals surface area (Å²) in [6.45, 7) is 7.14. The Morgan fingerprint density at radius 1 is 1.32 bits per heavy atom. The number of amides is 1. The number of hydrogen-bond acceptors (Lipinski definition) is 5. The summed E-state index contributed by atoms with van der Waals surface area (Å²) in [5.41, 5.74) is 2.75. The zero-order valence-corrected chi connectivity index (χ0v) is 14.1. The molecule has 0 aliphatic carbocycles. The van der Waals surface area contributed by atoms with Crippen molar-refractivity contribution in [2.75, 3.05) is 11.9 Å². The van der Waals surface area contributed by atoms with Crippen LogP contribution in [0.1, 0.15) is 31.5 Å². The van der Waals surface area contributed by atoms with Crippen molar-refractivity contribution in [3.63, 3.8) is 0 Å². The van der Waals surface area contributed by atoms with Crippen LogP contribution in [-0.4, -0.2) is 28.3 Å². The maximum atomic E-state index is 12.0. The number of aryl methyl sites for hydroxylation is 4. The number of nitrogens with one attached hydrogen (secondary N) is 1. The van der Waals surface area contributed by atoms with Crippen LogP contribution in [0.4, 0.5) is 5.69 Å². The minimum absolute atomic E-state index is 0.319. The highest BCUT2D eigenvalue weighted by molar-refractivity contribution is 7.12. The molecule has 2 heterocycles. The number of thiophene rings is 1. The van der Waals surface area contributed by atoms with E-state index in [-0.39, 0.29) is 12.5 Å². The molecule has 1 amide bonds. The second-order valence-corrected chi connectivity index (χ2v) is 6.58. The first-order chi connectivity index (χ1) is 10.3. The fourth-order valence-electron chi connectivity index (χ4n) is 2.17. The molecule has 7 heteroatoms. The van der Waals surface area contributed by atoms with E-state index in [2.05, 4.69) is 10.4 Å². The van der Waals surface area contributed by atoms with Gasteiger partial charge in [0.25, 0.3) is 5.91 Å². The lowest BCUT2D eigenvalue weighted by Gasteiger charge is -2.07. The van der Waals surface area contributed by atoms with E-state index in [1.165, 1.54) is 11.3 Å². The molecule has 0 aliphatic heterocycles. The first-order valence-electron chi connectivity index (χ1n) is 6.83. The van der Waals surface area contributed by atoms with E-state index in [1.54, 1.807) is 17.8 Å². The van der Waals surface area contributed by atoms with Gasteiger partial charge in [-0.05, 0) is 33.8 Å². The molecule has 0 atom stereocenters. The molecule has 2 aromatic heterocycles. The average Bonchev–Trinajstić information content (AvgIpc) is 2.90. The number of rotatable bonds is 4. The highest BCUT2D eigenvalue weighted by Crippen LogP contribution is 2.21. The van der Waals surface area contributed by atoms with Crippen molar-refractivity contribution < 1.29 is 14.3 Å². The number of aromatic nitrogens is 2. The Kier molecular flexibility index (Phi) is 4.65. The summed E-state index contributed by atoms with van der Waals surface area (Å²) in [5.74, 6) is -0.853. The van der Waals surface area contributed by atoms with E-state index < -0.39 is 5.97 Å². The number of carbonyl (C=O) groups excluding carboxylic acids is 2. The van der Waals surface area contributed by atoms with Gasteiger partial charge in [-0.15, -0.1) is 11.3 Å². The third kappa shape index (κ3) is 3.36. The smallest absolute Gasteiger partial charge is 0.339 e. The van der Waals surface area contributed by atoms with E-state index in [4.69, 9.17) is 4.74 Å². The SMILES string of the molecule is Cc1cc(C(=O)OCC(=O)Nc2c(C)nn(C)c2C)c(C)s1. The number of ether oxygens (including phenoxy) is 1. The lowest BCUT2D eigenvalue weighted by Crippen LogP contribution is -2.21. The number of anilines is 1. The van der Waals surface area contributed by atoms with Gasteiger partial charge >= 0.3 is 5.97 Å². The van der Waals surface area contributed by atoms with Crippen LogP contribution in [0.2, 0.25) is 0 Å². The van der Waals surface area contributed by atoms with Crippen molar-refractivity contribution in [1.29, 1.82) is 0 Å². The number of esters is 1. The van der Waals surface area contributed by atoms with Gasteiger partial charge < -0.3 is 10.1 Å². The minimum Gasteiger partial charge on any atom is -0.452 e. The molecule has 0 aliphatic rings. The lowest BCUT2D eigenvalue weighted by molar-refractivity contribution is -0.119. The van der Waals surface area contributed by atoms with Gasteiger partial charge in [0, 0.05) is 16.8 Å². The van der Waals surface area contributed by atoms with Gasteiger partial charge in [-0.25, -0.2) is 4.79 Å². The topological polar surface area (TPSA) is 73.2 Å². The van der Waals surface area contributed by atoms with Gasteiger partial charge in [0.15, 0.2) is 6.61 Å². The molecule has 0 spiro atoms. The standard InChI is InChI=1S/C15H19N3O3S/c1-8-6-12(11(4)22-8)15(20)21-7-13(19)16-14-9(2)17-18(5)10(14)3/h6H,7H2,1-5H3,(H,16,19). The van der Waals surface area contributed by atoms with Crippen molar-refractivity contribution in [3.8, 4) is 0 Å². The Morgan fingerprint density at radius 2 is 2.00 bits per heavy atom. The predicted octanol–water partition coefficient (Wildman–Crippen LogP) is 2.51. The van der Waals surface area contributed by atoms with Crippen molar-refractivity contribution in [1.82, 2.24) is 9.78 Å². The van der Waals surface area contributed by atoms with Gasteiger partial charge in [0.05, 0.1) is 22.6 Å². The molecule has 2 aromatic rings. The molecular formula is C15H19N3O3S. The van der Waals surface area contributed by atoms with Gasteiger partial charge in [-0.3, -0.25) is 9.48 Å². The molecule has 1 N–H and O–H groups in total. The molecule has 0 aromatic carbocycles. The fraction of sp³-hybridized carbons (Fsp3) is 0.400. The van der Waals surface area contributed by atoms with E-state index >= 15 is 0 Å².